The molecule has 2 rings (SSSR count). The zero-order valence-electron chi connectivity index (χ0n) is 10.1. The first-order valence-corrected chi connectivity index (χ1v) is 7.61. The largest absolute Gasteiger partial charge is 0.314 e. The molecule has 1 unspecified atom stereocenters. The van der Waals surface area contributed by atoms with Gasteiger partial charge in [-0.3, -0.25) is 4.90 Å². The molecule has 1 saturated heterocycles. The van der Waals surface area contributed by atoms with Crippen LogP contribution >= 0.6 is 11.8 Å². The van der Waals surface area contributed by atoms with Gasteiger partial charge in [0, 0.05) is 25.2 Å². The Labute approximate surface area is 98.2 Å². The fourth-order valence-corrected chi connectivity index (χ4v) is 3.22. The maximum Gasteiger partial charge on any atom is 0.0334 e. The van der Waals surface area contributed by atoms with Crippen molar-refractivity contribution in [2.45, 2.75) is 31.7 Å². The number of thioether (sulfide) groups is 1. The Balaban J connectivity index is 1.87. The van der Waals surface area contributed by atoms with Crippen LogP contribution < -0.4 is 5.32 Å². The van der Waals surface area contributed by atoms with E-state index in [-0.39, 0.29) is 0 Å². The van der Waals surface area contributed by atoms with Gasteiger partial charge in [-0.25, -0.2) is 0 Å². The van der Waals surface area contributed by atoms with Gasteiger partial charge in [-0.1, -0.05) is 0 Å². The lowest BCUT2D eigenvalue weighted by Gasteiger charge is -2.46. The van der Waals surface area contributed by atoms with E-state index in [2.05, 4.69) is 23.4 Å². The highest BCUT2D eigenvalue weighted by atomic mass is 32.2. The Kier molecular flexibility index (Phi) is 3.97. The molecule has 3 heteroatoms. The van der Waals surface area contributed by atoms with E-state index in [4.69, 9.17) is 0 Å². The fraction of sp³-hybridized carbons (Fsp3) is 1.00. The van der Waals surface area contributed by atoms with E-state index < -0.39 is 0 Å². The Morgan fingerprint density at radius 1 is 1.47 bits per heavy atom. The fourth-order valence-electron chi connectivity index (χ4n) is 2.80. The van der Waals surface area contributed by atoms with Crippen LogP contribution in [0.5, 0.6) is 0 Å². The molecule has 0 aromatic carbocycles. The van der Waals surface area contributed by atoms with Crippen LogP contribution in [0.15, 0.2) is 0 Å². The zero-order valence-corrected chi connectivity index (χ0v) is 10.9. The number of nitrogens with zero attached hydrogens (tertiary/aromatic N) is 1. The van der Waals surface area contributed by atoms with Gasteiger partial charge < -0.3 is 5.32 Å². The number of nitrogens with one attached hydrogen (secondary N) is 1. The molecule has 2 fully saturated rings. The molecule has 1 heterocycles. The molecular weight excluding hydrogens is 204 g/mol. The van der Waals surface area contributed by atoms with Crippen molar-refractivity contribution in [1.29, 1.82) is 0 Å². The molecule has 88 valence electrons. The van der Waals surface area contributed by atoms with Crippen LogP contribution in [0.3, 0.4) is 0 Å². The summed E-state index contributed by atoms with van der Waals surface area (Å²) in [5.74, 6) is 2.28. The quantitative estimate of drug-likeness (QED) is 0.723. The molecule has 15 heavy (non-hydrogen) atoms. The molecular formula is C12H24N2S. The lowest BCUT2D eigenvalue weighted by Crippen LogP contribution is -2.61. The molecule has 0 amide bonds. The molecule has 0 bridgehead atoms. The summed E-state index contributed by atoms with van der Waals surface area (Å²) in [6.45, 7) is 7.41. The summed E-state index contributed by atoms with van der Waals surface area (Å²) in [5.41, 5.74) is 0.469. The molecule has 0 aromatic heterocycles. The average Bonchev–Trinajstić information content (AvgIpc) is 3.05. The summed E-state index contributed by atoms with van der Waals surface area (Å²) < 4.78 is 0. The standard InChI is InChI=1S/C12H24N2S/c1-12(11-4-5-11)10-13-6-8-14(12)7-3-9-15-2/h11,13H,3-10H2,1-2H3. The normalized spacial score (nSPS) is 33.2. The highest BCUT2D eigenvalue weighted by molar-refractivity contribution is 7.98. The second kappa shape index (κ2) is 5.07. The van der Waals surface area contributed by atoms with Crippen LogP contribution in [0, 0.1) is 5.92 Å². The first-order chi connectivity index (χ1) is 7.27. The molecule has 1 atom stereocenters. The maximum atomic E-state index is 3.57. The van der Waals surface area contributed by atoms with E-state index in [1.165, 1.54) is 51.2 Å². The molecule has 2 nitrogen and oxygen atoms in total. The maximum absolute atomic E-state index is 3.57. The number of rotatable bonds is 5. The van der Waals surface area contributed by atoms with Crippen LogP contribution in [-0.4, -0.2) is 48.6 Å². The van der Waals surface area contributed by atoms with Crippen LogP contribution in [0.1, 0.15) is 26.2 Å². The first kappa shape index (κ1) is 11.7. The van der Waals surface area contributed by atoms with Crippen molar-refractivity contribution in [3.8, 4) is 0 Å². The smallest absolute Gasteiger partial charge is 0.0334 e. The average molecular weight is 228 g/mol. The van der Waals surface area contributed by atoms with Gasteiger partial charge in [-0.15, -0.1) is 0 Å². The second-order valence-corrected chi connectivity index (χ2v) is 6.13. The molecule has 1 saturated carbocycles. The molecule has 1 aliphatic heterocycles. The SMILES string of the molecule is CSCCCN1CCNCC1(C)C1CC1. The monoisotopic (exact) mass is 228 g/mol. The molecule has 1 aliphatic carbocycles. The van der Waals surface area contributed by atoms with Gasteiger partial charge >= 0.3 is 0 Å². The van der Waals surface area contributed by atoms with E-state index in [0.29, 0.717) is 5.54 Å². The van der Waals surface area contributed by atoms with Gasteiger partial charge in [-0.05, 0) is 50.7 Å². The second-order valence-electron chi connectivity index (χ2n) is 5.14. The molecule has 0 spiro atoms. The van der Waals surface area contributed by atoms with Crippen LogP contribution in [0.25, 0.3) is 0 Å². The van der Waals surface area contributed by atoms with Gasteiger partial charge in [0.15, 0.2) is 0 Å². The van der Waals surface area contributed by atoms with Crippen molar-refractivity contribution < 1.29 is 0 Å². The summed E-state index contributed by atoms with van der Waals surface area (Å²) in [6.07, 6.45) is 6.47. The summed E-state index contributed by atoms with van der Waals surface area (Å²) in [6, 6.07) is 0. The molecule has 0 radical (unpaired) electrons. The molecule has 0 aromatic rings. The predicted molar refractivity (Wildman–Crippen MR) is 68.6 cm³/mol. The highest BCUT2D eigenvalue weighted by Gasteiger charge is 2.46. The Hall–Kier alpha value is 0.270. The van der Waals surface area contributed by atoms with E-state index in [1.807, 2.05) is 11.8 Å². The van der Waals surface area contributed by atoms with E-state index in [9.17, 15) is 0 Å². The van der Waals surface area contributed by atoms with Crippen molar-refractivity contribution in [3.63, 3.8) is 0 Å². The highest BCUT2D eigenvalue weighted by Crippen LogP contribution is 2.43. The topological polar surface area (TPSA) is 15.3 Å². The van der Waals surface area contributed by atoms with Crippen LogP contribution in [0.4, 0.5) is 0 Å². The minimum atomic E-state index is 0.469. The number of hydrogen-bond acceptors (Lipinski definition) is 3. The van der Waals surface area contributed by atoms with Gasteiger partial charge in [0.1, 0.15) is 0 Å². The van der Waals surface area contributed by atoms with Gasteiger partial charge in [0.2, 0.25) is 0 Å². The van der Waals surface area contributed by atoms with Gasteiger partial charge in [-0.2, -0.15) is 11.8 Å². The van der Waals surface area contributed by atoms with Crippen molar-refractivity contribution in [1.82, 2.24) is 10.2 Å². The number of piperazine rings is 1. The Morgan fingerprint density at radius 2 is 2.27 bits per heavy atom. The minimum absolute atomic E-state index is 0.469. The van der Waals surface area contributed by atoms with Crippen molar-refractivity contribution >= 4 is 11.8 Å². The number of hydrogen-bond donors (Lipinski definition) is 1. The third-order valence-corrected chi connectivity index (χ3v) is 4.69. The third-order valence-electron chi connectivity index (χ3n) is 4.00. The lowest BCUT2D eigenvalue weighted by molar-refractivity contribution is 0.0564. The molecule has 1 N–H and O–H groups in total. The Morgan fingerprint density at radius 3 is 2.93 bits per heavy atom. The van der Waals surface area contributed by atoms with Crippen molar-refractivity contribution in [3.05, 3.63) is 0 Å². The summed E-state index contributed by atoms with van der Waals surface area (Å²) in [5, 5.41) is 3.57. The van der Waals surface area contributed by atoms with Crippen molar-refractivity contribution in [2.75, 3.05) is 38.2 Å². The van der Waals surface area contributed by atoms with E-state index >= 15 is 0 Å². The van der Waals surface area contributed by atoms with E-state index in [0.717, 1.165) is 5.92 Å². The van der Waals surface area contributed by atoms with Crippen molar-refractivity contribution in [2.24, 2.45) is 5.92 Å². The summed E-state index contributed by atoms with van der Waals surface area (Å²) >= 11 is 1.97. The summed E-state index contributed by atoms with van der Waals surface area (Å²) in [4.78, 5) is 2.75. The van der Waals surface area contributed by atoms with Crippen LogP contribution in [-0.2, 0) is 0 Å². The van der Waals surface area contributed by atoms with Crippen LogP contribution in [0.2, 0.25) is 0 Å². The Bertz CT molecular complexity index is 206. The molecule has 2 aliphatic rings. The minimum Gasteiger partial charge on any atom is -0.314 e. The zero-order chi connectivity index (χ0) is 10.7. The lowest BCUT2D eigenvalue weighted by atomic mass is 9.91. The van der Waals surface area contributed by atoms with Gasteiger partial charge in [0.25, 0.3) is 0 Å². The first-order valence-electron chi connectivity index (χ1n) is 6.22. The van der Waals surface area contributed by atoms with Gasteiger partial charge in [0.05, 0.1) is 0 Å². The summed E-state index contributed by atoms with van der Waals surface area (Å²) in [7, 11) is 0. The van der Waals surface area contributed by atoms with E-state index in [1.54, 1.807) is 0 Å². The third kappa shape index (κ3) is 2.69. The predicted octanol–water partition coefficient (Wildman–Crippen LogP) is 1.81.